The van der Waals surface area contributed by atoms with E-state index in [0.717, 1.165) is 10.8 Å². The van der Waals surface area contributed by atoms with Crippen molar-refractivity contribution in [3.8, 4) is 5.75 Å². The Morgan fingerprint density at radius 3 is 2.94 bits per heavy atom. The predicted molar refractivity (Wildman–Crippen MR) is 73.8 cm³/mol. The molecular formula is C11H13ClINO2. The molecule has 1 N–H and O–H groups in total. The zero-order valence-corrected chi connectivity index (χ0v) is 11.8. The molecule has 1 amide bonds. The quantitative estimate of drug-likeness (QED) is 0.502. The van der Waals surface area contributed by atoms with E-state index in [1.54, 1.807) is 18.2 Å². The van der Waals surface area contributed by atoms with E-state index in [0.29, 0.717) is 22.9 Å². The van der Waals surface area contributed by atoms with Crippen LogP contribution in [0.5, 0.6) is 5.75 Å². The van der Waals surface area contributed by atoms with Crippen LogP contribution in [0.1, 0.15) is 16.8 Å². The molecule has 0 atom stereocenters. The van der Waals surface area contributed by atoms with Gasteiger partial charge in [-0.05, 0) is 24.6 Å². The summed E-state index contributed by atoms with van der Waals surface area (Å²) in [6, 6.07) is 5.00. The van der Waals surface area contributed by atoms with Crippen molar-refractivity contribution in [2.45, 2.75) is 6.42 Å². The molecule has 0 heterocycles. The minimum Gasteiger partial charge on any atom is -0.496 e. The number of carbonyl (C=O) groups is 1. The maximum absolute atomic E-state index is 11.8. The molecule has 0 aliphatic carbocycles. The van der Waals surface area contributed by atoms with Crippen LogP contribution in [0.4, 0.5) is 0 Å². The van der Waals surface area contributed by atoms with E-state index in [9.17, 15) is 4.79 Å². The maximum atomic E-state index is 11.8. The summed E-state index contributed by atoms with van der Waals surface area (Å²) in [7, 11) is 1.53. The van der Waals surface area contributed by atoms with E-state index < -0.39 is 0 Å². The van der Waals surface area contributed by atoms with Crippen LogP contribution in [0.25, 0.3) is 0 Å². The zero-order valence-electron chi connectivity index (χ0n) is 8.93. The molecule has 0 radical (unpaired) electrons. The molecule has 5 heteroatoms. The number of carbonyl (C=O) groups excluding carboxylic acids is 1. The standard InChI is InChI=1S/C11H13ClINO2/c1-16-10-4-3-8(12)7-9(10)11(15)14-6-2-5-13/h3-4,7H,2,5-6H2,1H3,(H,14,15). The van der Waals surface area contributed by atoms with E-state index in [1.807, 2.05) is 0 Å². The second-order valence-electron chi connectivity index (χ2n) is 3.14. The van der Waals surface area contributed by atoms with Crippen molar-refractivity contribution in [2.24, 2.45) is 0 Å². The maximum Gasteiger partial charge on any atom is 0.255 e. The highest BCUT2D eigenvalue weighted by atomic mass is 127. The Balaban J connectivity index is 2.76. The molecule has 88 valence electrons. The van der Waals surface area contributed by atoms with Gasteiger partial charge >= 0.3 is 0 Å². The molecule has 0 fully saturated rings. The fraction of sp³-hybridized carbons (Fsp3) is 0.364. The van der Waals surface area contributed by atoms with Gasteiger partial charge in [-0.3, -0.25) is 4.79 Å². The second kappa shape index (κ2) is 6.96. The monoisotopic (exact) mass is 353 g/mol. The van der Waals surface area contributed by atoms with Gasteiger partial charge in [0.2, 0.25) is 0 Å². The largest absolute Gasteiger partial charge is 0.496 e. The first-order valence-electron chi connectivity index (χ1n) is 4.86. The molecule has 0 unspecified atom stereocenters. The lowest BCUT2D eigenvalue weighted by Gasteiger charge is -2.09. The molecule has 1 aromatic carbocycles. The number of ether oxygens (including phenoxy) is 1. The highest BCUT2D eigenvalue weighted by Crippen LogP contribution is 2.22. The summed E-state index contributed by atoms with van der Waals surface area (Å²) < 4.78 is 6.13. The number of hydrogen-bond donors (Lipinski definition) is 1. The fourth-order valence-corrected chi connectivity index (χ4v) is 1.78. The molecular weight excluding hydrogens is 340 g/mol. The van der Waals surface area contributed by atoms with Crippen molar-refractivity contribution < 1.29 is 9.53 Å². The SMILES string of the molecule is COc1ccc(Cl)cc1C(=O)NCCCI. The van der Waals surface area contributed by atoms with Crippen LogP contribution in [-0.2, 0) is 0 Å². The van der Waals surface area contributed by atoms with E-state index in [1.165, 1.54) is 7.11 Å². The summed E-state index contributed by atoms with van der Waals surface area (Å²) in [5.74, 6) is 0.389. The van der Waals surface area contributed by atoms with Crippen LogP contribution < -0.4 is 10.1 Å². The number of hydrogen-bond acceptors (Lipinski definition) is 2. The smallest absolute Gasteiger partial charge is 0.255 e. The zero-order chi connectivity index (χ0) is 12.0. The van der Waals surface area contributed by atoms with Gasteiger partial charge in [0.05, 0.1) is 12.7 Å². The summed E-state index contributed by atoms with van der Waals surface area (Å²) in [4.78, 5) is 11.8. The van der Waals surface area contributed by atoms with Gasteiger partial charge in [-0.25, -0.2) is 0 Å². The van der Waals surface area contributed by atoms with E-state index in [-0.39, 0.29) is 5.91 Å². The van der Waals surface area contributed by atoms with Gasteiger partial charge in [0, 0.05) is 16.0 Å². The first-order chi connectivity index (χ1) is 7.69. The van der Waals surface area contributed by atoms with Gasteiger partial charge < -0.3 is 10.1 Å². The van der Waals surface area contributed by atoms with Crippen molar-refractivity contribution in [1.29, 1.82) is 0 Å². The fourth-order valence-electron chi connectivity index (χ4n) is 1.22. The van der Waals surface area contributed by atoms with Crippen LogP contribution >= 0.6 is 34.2 Å². The summed E-state index contributed by atoms with van der Waals surface area (Å²) in [5.41, 5.74) is 0.475. The third-order valence-electron chi connectivity index (χ3n) is 2.00. The topological polar surface area (TPSA) is 38.3 Å². The second-order valence-corrected chi connectivity index (χ2v) is 4.66. The number of benzene rings is 1. The van der Waals surface area contributed by atoms with Gasteiger partial charge in [-0.2, -0.15) is 0 Å². The lowest BCUT2D eigenvalue weighted by molar-refractivity contribution is 0.0951. The molecule has 0 aliphatic heterocycles. The third kappa shape index (κ3) is 3.83. The Bertz CT molecular complexity index is 371. The molecule has 0 bridgehead atoms. The molecule has 1 aromatic rings. The average molecular weight is 354 g/mol. The number of alkyl halides is 1. The number of methoxy groups -OCH3 is 1. The first-order valence-corrected chi connectivity index (χ1v) is 6.77. The van der Waals surface area contributed by atoms with Gasteiger partial charge in [-0.15, -0.1) is 0 Å². The Hall–Kier alpha value is -0.490. The highest BCUT2D eigenvalue weighted by Gasteiger charge is 2.11. The van der Waals surface area contributed by atoms with Crippen molar-refractivity contribution >= 4 is 40.1 Å². The molecule has 0 saturated heterocycles. The summed E-state index contributed by atoms with van der Waals surface area (Å²) in [6.07, 6.45) is 0.954. The van der Waals surface area contributed by atoms with Crippen molar-refractivity contribution in [2.75, 3.05) is 18.1 Å². The Morgan fingerprint density at radius 2 is 2.31 bits per heavy atom. The number of halogens is 2. The summed E-state index contributed by atoms with van der Waals surface area (Å²) in [6.45, 7) is 0.664. The molecule has 0 aromatic heterocycles. The van der Waals surface area contributed by atoms with Gasteiger partial charge in [0.15, 0.2) is 0 Å². The molecule has 0 aliphatic rings. The molecule has 0 saturated carbocycles. The molecule has 0 spiro atoms. The molecule has 3 nitrogen and oxygen atoms in total. The predicted octanol–water partition coefficient (Wildman–Crippen LogP) is 2.90. The number of amides is 1. The van der Waals surface area contributed by atoms with E-state index in [4.69, 9.17) is 16.3 Å². The van der Waals surface area contributed by atoms with E-state index >= 15 is 0 Å². The average Bonchev–Trinajstić information content (AvgIpc) is 2.29. The lowest BCUT2D eigenvalue weighted by Crippen LogP contribution is -2.25. The number of nitrogens with one attached hydrogen (secondary N) is 1. The van der Waals surface area contributed by atoms with Crippen LogP contribution in [0.2, 0.25) is 5.02 Å². The molecule has 16 heavy (non-hydrogen) atoms. The lowest BCUT2D eigenvalue weighted by atomic mass is 10.2. The third-order valence-corrected chi connectivity index (χ3v) is 3.00. The van der Waals surface area contributed by atoms with E-state index in [2.05, 4.69) is 27.9 Å². The van der Waals surface area contributed by atoms with Gasteiger partial charge in [0.25, 0.3) is 5.91 Å². The number of rotatable bonds is 5. The Morgan fingerprint density at radius 1 is 1.56 bits per heavy atom. The Labute approximate surface area is 114 Å². The first kappa shape index (κ1) is 13.6. The van der Waals surface area contributed by atoms with Gasteiger partial charge in [0.1, 0.15) is 5.75 Å². The summed E-state index contributed by atoms with van der Waals surface area (Å²) in [5, 5.41) is 3.35. The Kier molecular flexibility index (Phi) is 5.90. The van der Waals surface area contributed by atoms with Crippen molar-refractivity contribution in [3.05, 3.63) is 28.8 Å². The van der Waals surface area contributed by atoms with Crippen LogP contribution in [0, 0.1) is 0 Å². The molecule has 1 rings (SSSR count). The van der Waals surface area contributed by atoms with Crippen molar-refractivity contribution in [3.63, 3.8) is 0 Å². The van der Waals surface area contributed by atoms with Crippen LogP contribution in [0.3, 0.4) is 0 Å². The minimum absolute atomic E-state index is 0.149. The normalized spacial score (nSPS) is 9.94. The van der Waals surface area contributed by atoms with Crippen molar-refractivity contribution in [1.82, 2.24) is 5.32 Å². The summed E-state index contributed by atoms with van der Waals surface area (Å²) >= 11 is 8.11. The van der Waals surface area contributed by atoms with Gasteiger partial charge in [-0.1, -0.05) is 34.2 Å². The highest BCUT2D eigenvalue weighted by molar-refractivity contribution is 14.1. The van der Waals surface area contributed by atoms with Crippen LogP contribution in [0.15, 0.2) is 18.2 Å². The minimum atomic E-state index is -0.149. The van der Waals surface area contributed by atoms with Crippen LogP contribution in [-0.4, -0.2) is 24.0 Å².